The standard InChI is InChI=1S/C12H5F7O2/c13-6-1-2-7-5(3-6)4-8(21-7)9(20)10(11(14,15)16)12(17,18)19/h1-4,10H. The first-order valence-corrected chi connectivity index (χ1v) is 5.37. The summed E-state index contributed by atoms with van der Waals surface area (Å²) in [5.41, 5.74) is -0.192. The van der Waals surface area contributed by atoms with Crippen molar-refractivity contribution in [3.05, 3.63) is 35.8 Å². The first-order valence-electron chi connectivity index (χ1n) is 5.37. The third-order valence-corrected chi connectivity index (χ3v) is 2.64. The van der Waals surface area contributed by atoms with Crippen LogP contribution in [0.3, 0.4) is 0 Å². The molecule has 0 radical (unpaired) electrons. The molecule has 2 aromatic rings. The number of fused-ring (bicyclic) bond motifs is 1. The molecular formula is C12H5F7O2. The number of furan rings is 1. The maximum absolute atomic E-state index is 12.9. The molecule has 2 rings (SSSR count). The van der Waals surface area contributed by atoms with Gasteiger partial charge in [0, 0.05) is 5.39 Å². The number of alkyl halides is 6. The third kappa shape index (κ3) is 3.01. The van der Waals surface area contributed by atoms with Crippen molar-refractivity contribution < 1.29 is 39.9 Å². The van der Waals surface area contributed by atoms with E-state index in [0.29, 0.717) is 6.07 Å². The molecule has 0 spiro atoms. The van der Waals surface area contributed by atoms with Crippen molar-refractivity contribution >= 4 is 16.8 Å². The molecule has 1 heterocycles. The van der Waals surface area contributed by atoms with Gasteiger partial charge in [-0.25, -0.2) is 4.39 Å². The summed E-state index contributed by atoms with van der Waals surface area (Å²) in [6.07, 6.45) is -11.6. The minimum absolute atomic E-state index is 0.110. The molecule has 0 aliphatic rings. The fourth-order valence-electron chi connectivity index (χ4n) is 1.76. The van der Waals surface area contributed by atoms with E-state index >= 15 is 0 Å². The summed E-state index contributed by atoms with van der Waals surface area (Å²) >= 11 is 0. The van der Waals surface area contributed by atoms with E-state index < -0.39 is 35.6 Å². The number of hydrogen-bond acceptors (Lipinski definition) is 2. The number of benzene rings is 1. The van der Waals surface area contributed by atoms with E-state index in [4.69, 9.17) is 0 Å². The molecule has 0 amide bonds. The molecule has 0 atom stereocenters. The van der Waals surface area contributed by atoms with Gasteiger partial charge in [-0.3, -0.25) is 4.79 Å². The van der Waals surface area contributed by atoms with Crippen LogP contribution in [0.2, 0.25) is 0 Å². The fraction of sp³-hybridized carbons (Fsp3) is 0.250. The van der Waals surface area contributed by atoms with Crippen molar-refractivity contribution in [1.82, 2.24) is 0 Å². The molecular weight excluding hydrogens is 309 g/mol. The highest BCUT2D eigenvalue weighted by Gasteiger charge is 2.61. The van der Waals surface area contributed by atoms with Gasteiger partial charge in [0.1, 0.15) is 11.4 Å². The summed E-state index contributed by atoms with van der Waals surface area (Å²) in [5, 5.41) is -0.110. The van der Waals surface area contributed by atoms with Crippen LogP contribution in [0.5, 0.6) is 0 Å². The average Bonchev–Trinajstić information content (AvgIpc) is 2.67. The molecule has 0 unspecified atom stereocenters. The monoisotopic (exact) mass is 314 g/mol. The summed E-state index contributed by atoms with van der Waals surface area (Å²) in [7, 11) is 0. The minimum Gasteiger partial charge on any atom is -0.453 e. The van der Waals surface area contributed by atoms with E-state index in [1.54, 1.807) is 0 Å². The Bertz CT molecular complexity index is 667. The molecule has 0 N–H and O–H groups in total. The molecule has 114 valence electrons. The highest BCUT2D eigenvalue weighted by molar-refractivity contribution is 5.99. The SMILES string of the molecule is O=C(c1cc2cc(F)ccc2o1)C(C(F)(F)F)C(F)(F)F. The molecule has 0 saturated heterocycles. The Kier molecular flexibility index (Phi) is 3.46. The molecule has 0 saturated carbocycles. The van der Waals surface area contributed by atoms with Crippen LogP contribution in [-0.2, 0) is 0 Å². The molecule has 9 heteroatoms. The Balaban J connectivity index is 2.49. The number of hydrogen-bond donors (Lipinski definition) is 0. The summed E-state index contributed by atoms with van der Waals surface area (Å²) < 4.78 is 92.1. The highest BCUT2D eigenvalue weighted by Crippen LogP contribution is 2.41. The van der Waals surface area contributed by atoms with Crippen molar-refractivity contribution in [1.29, 1.82) is 0 Å². The second-order valence-electron chi connectivity index (χ2n) is 4.17. The van der Waals surface area contributed by atoms with E-state index in [1.807, 2.05) is 0 Å². The van der Waals surface area contributed by atoms with Crippen LogP contribution in [-0.4, -0.2) is 18.1 Å². The average molecular weight is 314 g/mol. The zero-order chi connectivity index (χ0) is 16.0. The van der Waals surface area contributed by atoms with Crippen molar-refractivity contribution in [2.75, 3.05) is 0 Å². The fourth-order valence-corrected chi connectivity index (χ4v) is 1.76. The Labute approximate surface area is 112 Å². The largest absolute Gasteiger partial charge is 0.453 e. The van der Waals surface area contributed by atoms with Crippen LogP contribution in [0.25, 0.3) is 11.0 Å². The van der Waals surface area contributed by atoms with E-state index in [2.05, 4.69) is 4.42 Å². The van der Waals surface area contributed by atoms with Gasteiger partial charge in [-0.05, 0) is 24.3 Å². The number of halogens is 7. The van der Waals surface area contributed by atoms with Gasteiger partial charge in [0.05, 0.1) is 0 Å². The molecule has 21 heavy (non-hydrogen) atoms. The number of carbonyl (C=O) groups excluding carboxylic acids is 1. The lowest BCUT2D eigenvalue weighted by Gasteiger charge is -2.20. The van der Waals surface area contributed by atoms with Gasteiger partial charge in [-0.2, -0.15) is 26.3 Å². The summed E-state index contributed by atoms with van der Waals surface area (Å²) in [5.74, 6) is -8.36. The van der Waals surface area contributed by atoms with Gasteiger partial charge in [-0.1, -0.05) is 0 Å². The van der Waals surface area contributed by atoms with E-state index in [9.17, 15) is 35.5 Å². The summed E-state index contributed by atoms with van der Waals surface area (Å²) in [6, 6.07) is 3.36. The van der Waals surface area contributed by atoms with Gasteiger partial charge < -0.3 is 4.42 Å². The molecule has 0 bridgehead atoms. The van der Waals surface area contributed by atoms with Crippen LogP contribution < -0.4 is 0 Å². The van der Waals surface area contributed by atoms with Gasteiger partial charge >= 0.3 is 12.4 Å². The Morgan fingerprint density at radius 3 is 2.10 bits per heavy atom. The molecule has 1 aromatic heterocycles. The maximum Gasteiger partial charge on any atom is 0.407 e. The van der Waals surface area contributed by atoms with Crippen LogP contribution in [0.4, 0.5) is 30.7 Å². The van der Waals surface area contributed by atoms with Gasteiger partial charge in [0.25, 0.3) is 0 Å². The lowest BCUT2D eigenvalue weighted by molar-refractivity contribution is -0.265. The Hall–Kier alpha value is -2.06. The number of carbonyl (C=O) groups is 1. The smallest absolute Gasteiger partial charge is 0.407 e. The van der Waals surface area contributed by atoms with E-state index in [1.165, 1.54) is 0 Å². The third-order valence-electron chi connectivity index (χ3n) is 2.64. The maximum atomic E-state index is 12.9. The predicted octanol–water partition coefficient (Wildman–Crippen LogP) is 4.50. The second kappa shape index (κ2) is 4.74. The van der Waals surface area contributed by atoms with Crippen molar-refractivity contribution in [3.8, 4) is 0 Å². The van der Waals surface area contributed by atoms with Crippen molar-refractivity contribution in [2.24, 2.45) is 5.92 Å². The quantitative estimate of drug-likeness (QED) is 0.604. The van der Waals surface area contributed by atoms with Crippen LogP contribution in [0.1, 0.15) is 10.6 Å². The first kappa shape index (κ1) is 15.3. The Morgan fingerprint density at radius 1 is 1.00 bits per heavy atom. The minimum atomic E-state index is -5.81. The summed E-state index contributed by atoms with van der Waals surface area (Å²) in [4.78, 5) is 11.5. The van der Waals surface area contributed by atoms with Crippen LogP contribution in [0.15, 0.2) is 28.7 Å². The lowest BCUT2D eigenvalue weighted by atomic mass is 10.0. The second-order valence-corrected chi connectivity index (χ2v) is 4.17. The zero-order valence-corrected chi connectivity index (χ0v) is 9.85. The first-order chi connectivity index (χ1) is 9.50. The van der Waals surface area contributed by atoms with E-state index in [0.717, 1.165) is 18.2 Å². The topological polar surface area (TPSA) is 30.2 Å². The van der Waals surface area contributed by atoms with Crippen LogP contribution in [0, 0.1) is 11.7 Å². The summed E-state index contributed by atoms with van der Waals surface area (Å²) in [6.45, 7) is 0. The van der Waals surface area contributed by atoms with Crippen molar-refractivity contribution in [2.45, 2.75) is 12.4 Å². The van der Waals surface area contributed by atoms with Gasteiger partial charge in [-0.15, -0.1) is 0 Å². The normalized spacial score (nSPS) is 13.1. The number of Topliss-reactive ketones (excluding diaryl/α,β-unsaturated/α-hetero) is 1. The highest BCUT2D eigenvalue weighted by atomic mass is 19.4. The van der Waals surface area contributed by atoms with Crippen molar-refractivity contribution in [3.63, 3.8) is 0 Å². The Morgan fingerprint density at radius 2 is 1.57 bits per heavy atom. The lowest BCUT2D eigenvalue weighted by Crippen LogP contribution is -2.42. The number of ketones is 1. The zero-order valence-electron chi connectivity index (χ0n) is 9.85. The molecule has 0 fully saturated rings. The predicted molar refractivity (Wildman–Crippen MR) is 56.1 cm³/mol. The van der Waals surface area contributed by atoms with Crippen LogP contribution >= 0.6 is 0 Å². The van der Waals surface area contributed by atoms with Gasteiger partial charge in [0.15, 0.2) is 5.76 Å². The number of rotatable bonds is 2. The molecule has 2 nitrogen and oxygen atoms in total. The van der Waals surface area contributed by atoms with Gasteiger partial charge in [0.2, 0.25) is 11.7 Å². The molecule has 0 aliphatic carbocycles. The molecule has 0 aliphatic heterocycles. The van der Waals surface area contributed by atoms with E-state index in [-0.39, 0.29) is 11.0 Å². The molecule has 1 aromatic carbocycles.